The van der Waals surface area contributed by atoms with E-state index >= 15 is 0 Å². The molecule has 1 heterocycles. The van der Waals surface area contributed by atoms with Crippen molar-refractivity contribution in [2.24, 2.45) is 5.41 Å². The van der Waals surface area contributed by atoms with E-state index in [1.54, 1.807) is 41.5 Å². The summed E-state index contributed by atoms with van der Waals surface area (Å²) in [6, 6.07) is 7.06. The molecule has 1 aromatic heterocycles. The van der Waals surface area contributed by atoms with Gasteiger partial charge in [0.05, 0.1) is 6.54 Å². The van der Waals surface area contributed by atoms with Gasteiger partial charge in [0.25, 0.3) is 0 Å². The molecule has 6 nitrogen and oxygen atoms in total. The molecule has 1 atom stereocenters. The minimum absolute atomic E-state index is 0.190. The molecule has 130 valence electrons. The van der Waals surface area contributed by atoms with Crippen LogP contribution in [0, 0.1) is 5.41 Å². The molecule has 0 aliphatic heterocycles. The zero-order chi connectivity index (χ0) is 17.8. The van der Waals surface area contributed by atoms with Crippen LogP contribution in [0.25, 0.3) is 0 Å². The van der Waals surface area contributed by atoms with E-state index in [4.69, 9.17) is 21.1 Å². The van der Waals surface area contributed by atoms with Crippen molar-refractivity contribution in [2.75, 3.05) is 6.61 Å². The molecule has 1 aromatic carbocycles. The molecular formula is C17H22ClN3O3. The Bertz CT molecular complexity index is 665. The molecule has 7 heteroatoms. The third-order valence-corrected chi connectivity index (χ3v) is 4.15. The van der Waals surface area contributed by atoms with Crippen LogP contribution in [0.4, 0.5) is 0 Å². The highest BCUT2D eigenvalue weighted by molar-refractivity contribution is 6.30. The highest BCUT2D eigenvalue weighted by atomic mass is 35.5. The fourth-order valence-corrected chi connectivity index (χ4v) is 2.44. The van der Waals surface area contributed by atoms with E-state index in [1.165, 1.54) is 6.92 Å². The topological polar surface area (TPSA) is 66.2 Å². The Kier molecular flexibility index (Phi) is 5.49. The zero-order valence-electron chi connectivity index (χ0n) is 14.3. The lowest BCUT2D eigenvalue weighted by molar-refractivity contribution is -0.180. The molecule has 0 fully saturated rings. The van der Waals surface area contributed by atoms with Crippen LogP contribution in [0.5, 0.6) is 5.75 Å². The standard InChI is InChI=1S/C17H22ClN3O3/c1-13(22)24-17(16(2,3)4,9-21-11-19-20-12-21)10-23-15-7-5-14(18)6-8-15/h5-8,11-12H,9-10H2,1-4H3. The molecule has 0 N–H and O–H groups in total. The Hall–Kier alpha value is -2.08. The van der Waals surface area contributed by atoms with Gasteiger partial charge in [-0.2, -0.15) is 0 Å². The summed E-state index contributed by atoms with van der Waals surface area (Å²) in [6.45, 7) is 7.99. The highest BCUT2D eigenvalue weighted by Gasteiger charge is 2.46. The van der Waals surface area contributed by atoms with Crippen LogP contribution in [0.2, 0.25) is 5.02 Å². The zero-order valence-corrected chi connectivity index (χ0v) is 15.1. The van der Waals surface area contributed by atoms with Gasteiger partial charge in [0.15, 0.2) is 5.60 Å². The number of benzene rings is 1. The second-order valence-electron chi connectivity index (χ2n) is 6.71. The van der Waals surface area contributed by atoms with Gasteiger partial charge in [0.2, 0.25) is 0 Å². The maximum Gasteiger partial charge on any atom is 0.303 e. The minimum Gasteiger partial charge on any atom is -0.489 e. The van der Waals surface area contributed by atoms with Crippen LogP contribution in [-0.2, 0) is 16.1 Å². The van der Waals surface area contributed by atoms with E-state index in [9.17, 15) is 4.79 Å². The first kappa shape index (κ1) is 18.3. The summed E-state index contributed by atoms with van der Waals surface area (Å²) in [4.78, 5) is 11.8. The summed E-state index contributed by atoms with van der Waals surface area (Å²) in [5.74, 6) is 0.293. The summed E-state index contributed by atoms with van der Waals surface area (Å²) in [7, 11) is 0. The number of hydrogen-bond donors (Lipinski definition) is 0. The first-order valence-corrected chi connectivity index (χ1v) is 8.00. The second-order valence-corrected chi connectivity index (χ2v) is 7.15. The van der Waals surface area contributed by atoms with Crippen molar-refractivity contribution >= 4 is 17.6 Å². The van der Waals surface area contributed by atoms with Crippen molar-refractivity contribution in [3.63, 3.8) is 0 Å². The number of nitrogens with zero attached hydrogens (tertiary/aromatic N) is 3. The summed E-state index contributed by atoms with van der Waals surface area (Å²) < 4.78 is 13.4. The molecule has 2 rings (SSSR count). The molecule has 0 spiro atoms. The molecule has 1 unspecified atom stereocenters. The predicted molar refractivity (Wildman–Crippen MR) is 90.9 cm³/mol. The van der Waals surface area contributed by atoms with E-state index in [-0.39, 0.29) is 18.0 Å². The Morgan fingerprint density at radius 3 is 2.25 bits per heavy atom. The van der Waals surface area contributed by atoms with Gasteiger partial charge in [-0.1, -0.05) is 32.4 Å². The normalized spacial score (nSPS) is 14.0. The maximum absolute atomic E-state index is 11.8. The number of esters is 1. The second kappa shape index (κ2) is 7.21. The number of aromatic nitrogens is 3. The fraction of sp³-hybridized carbons (Fsp3) is 0.471. The molecule has 24 heavy (non-hydrogen) atoms. The Balaban J connectivity index is 2.28. The molecule has 0 saturated heterocycles. The van der Waals surface area contributed by atoms with Gasteiger partial charge in [-0.15, -0.1) is 10.2 Å². The van der Waals surface area contributed by atoms with E-state index in [2.05, 4.69) is 10.2 Å². The van der Waals surface area contributed by atoms with Crippen molar-refractivity contribution in [3.05, 3.63) is 41.9 Å². The van der Waals surface area contributed by atoms with Crippen molar-refractivity contribution < 1.29 is 14.3 Å². The molecule has 0 aliphatic carbocycles. The summed E-state index contributed by atoms with van der Waals surface area (Å²) in [5, 5.41) is 8.26. The van der Waals surface area contributed by atoms with Gasteiger partial charge in [0, 0.05) is 17.4 Å². The summed E-state index contributed by atoms with van der Waals surface area (Å²) in [5.41, 5.74) is -1.27. The van der Waals surface area contributed by atoms with E-state index in [1.807, 2.05) is 20.8 Å². The van der Waals surface area contributed by atoms with Crippen LogP contribution < -0.4 is 4.74 Å². The summed E-state index contributed by atoms with van der Waals surface area (Å²) in [6.07, 6.45) is 3.18. The quantitative estimate of drug-likeness (QED) is 0.746. The first-order chi connectivity index (χ1) is 11.2. The number of ether oxygens (including phenoxy) is 2. The molecule has 0 amide bonds. The van der Waals surface area contributed by atoms with Gasteiger partial charge in [-0.05, 0) is 24.3 Å². The van der Waals surface area contributed by atoms with Crippen LogP contribution in [0.3, 0.4) is 0 Å². The van der Waals surface area contributed by atoms with Crippen LogP contribution in [-0.4, -0.2) is 32.9 Å². The number of carbonyl (C=O) groups is 1. The fourth-order valence-electron chi connectivity index (χ4n) is 2.32. The molecular weight excluding hydrogens is 330 g/mol. The lowest BCUT2D eigenvalue weighted by atomic mass is 9.76. The van der Waals surface area contributed by atoms with Gasteiger partial charge in [-0.3, -0.25) is 4.79 Å². The number of halogens is 1. The third kappa shape index (κ3) is 4.47. The van der Waals surface area contributed by atoms with Crippen molar-refractivity contribution in [3.8, 4) is 5.75 Å². The summed E-state index contributed by atoms with van der Waals surface area (Å²) >= 11 is 5.90. The lowest BCUT2D eigenvalue weighted by Crippen LogP contribution is -2.54. The molecule has 0 bridgehead atoms. The SMILES string of the molecule is CC(=O)OC(COc1ccc(Cl)cc1)(Cn1cnnc1)C(C)(C)C. The Labute approximate surface area is 146 Å². The monoisotopic (exact) mass is 351 g/mol. The van der Waals surface area contributed by atoms with E-state index in [0.717, 1.165) is 0 Å². The maximum atomic E-state index is 11.8. The van der Waals surface area contributed by atoms with Crippen molar-refractivity contribution in [1.29, 1.82) is 0 Å². The van der Waals surface area contributed by atoms with Crippen LogP contribution in [0.1, 0.15) is 27.7 Å². The average Bonchev–Trinajstić information content (AvgIpc) is 2.97. The smallest absolute Gasteiger partial charge is 0.303 e. The largest absolute Gasteiger partial charge is 0.489 e. The third-order valence-electron chi connectivity index (χ3n) is 3.90. The number of rotatable bonds is 6. The van der Waals surface area contributed by atoms with Gasteiger partial charge in [-0.25, -0.2) is 0 Å². The predicted octanol–water partition coefficient (Wildman–Crippen LogP) is 3.36. The molecule has 0 radical (unpaired) electrons. The van der Waals surface area contributed by atoms with Crippen LogP contribution in [0.15, 0.2) is 36.9 Å². The molecule has 0 aliphatic rings. The van der Waals surface area contributed by atoms with Gasteiger partial charge >= 0.3 is 5.97 Å². The average molecular weight is 352 g/mol. The first-order valence-electron chi connectivity index (χ1n) is 7.62. The van der Waals surface area contributed by atoms with Gasteiger partial charge in [0.1, 0.15) is 25.0 Å². The minimum atomic E-state index is -0.888. The Morgan fingerprint density at radius 2 is 1.75 bits per heavy atom. The van der Waals surface area contributed by atoms with E-state index in [0.29, 0.717) is 17.3 Å². The van der Waals surface area contributed by atoms with Gasteiger partial charge < -0.3 is 14.0 Å². The Morgan fingerprint density at radius 1 is 1.17 bits per heavy atom. The van der Waals surface area contributed by atoms with E-state index < -0.39 is 5.60 Å². The van der Waals surface area contributed by atoms with Crippen molar-refractivity contribution in [2.45, 2.75) is 39.8 Å². The van der Waals surface area contributed by atoms with Crippen LogP contribution >= 0.6 is 11.6 Å². The number of hydrogen-bond acceptors (Lipinski definition) is 5. The van der Waals surface area contributed by atoms with Crippen molar-refractivity contribution in [1.82, 2.24) is 14.8 Å². The highest BCUT2D eigenvalue weighted by Crippen LogP contribution is 2.36. The number of carbonyl (C=O) groups excluding carboxylic acids is 1. The molecule has 0 saturated carbocycles. The molecule has 2 aromatic rings. The lowest BCUT2D eigenvalue weighted by Gasteiger charge is -2.43.